The highest BCUT2D eigenvalue weighted by Gasteiger charge is 2.39. The SMILES string of the molecule is Cc1cc(C)c(N2C(=O)c3ccccc3C2=O)c(C(=O)O)c1Br. The Kier molecular flexibility index (Phi) is 3.56. The van der Waals surface area contributed by atoms with E-state index in [2.05, 4.69) is 15.9 Å². The number of imide groups is 1. The standard InChI is InChI=1S/C17H12BrNO4/c1-8-7-9(2)14(12(13(8)18)17(22)23)19-15(20)10-5-3-4-6-11(10)16(19)21/h3-7H,1-2H3,(H,22,23). The summed E-state index contributed by atoms with van der Waals surface area (Å²) in [6.45, 7) is 3.44. The zero-order valence-electron chi connectivity index (χ0n) is 12.4. The van der Waals surface area contributed by atoms with Crippen molar-refractivity contribution in [3.05, 3.63) is 62.6 Å². The number of fused-ring (bicyclic) bond motifs is 1. The number of hydrogen-bond donors (Lipinski definition) is 1. The topological polar surface area (TPSA) is 74.7 Å². The van der Waals surface area contributed by atoms with Crippen molar-refractivity contribution in [3.63, 3.8) is 0 Å². The average molecular weight is 374 g/mol. The van der Waals surface area contributed by atoms with Gasteiger partial charge in [-0.2, -0.15) is 0 Å². The van der Waals surface area contributed by atoms with Crippen LogP contribution in [0.3, 0.4) is 0 Å². The third kappa shape index (κ3) is 2.17. The molecule has 0 aliphatic carbocycles. The molecule has 0 unspecified atom stereocenters. The maximum Gasteiger partial charge on any atom is 0.339 e. The van der Waals surface area contributed by atoms with Gasteiger partial charge in [0, 0.05) is 4.47 Å². The number of halogens is 1. The summed E-state index contributed by atoms with van der Waals surface area (Å²) in [5.74, 6) is -2.21. The fraction of sp³-hybridized carbons (Fsp3) is 0.118. The largest absolute Gasteiger partial charge is 0.478 e. The van der Waals surface area contributed by atoms with Crippen LogP contribution >= 0.6 is 15.9 Å². The molecular formula is C17H12BrNO4. The van der Waals surface area contributed by atoms with Crippen LogP contribution in [0.1, 0.15) is 42.2 Å². The summed E-state index contributed by atoms with van der Waals surface area (Å²) in [6.07, 6.45) is 0. The van der Waals surface area contributed by atoms with E-state index in [0.717, 1.165) is 10.5 Å². The quantitative estimate of drug-likeness (QED) is 0.816. The Morgan fingerprint density at radius 3 is 2.04 bits per heavy atom. The van der Waals surface area contributed by atoms with Crippen molar-refractivity contribution in [1.82, 2.24) is 0 Å². The van der Waals surface area contributed by atoms with Crippen LogP contribution in [0.15, 0.2) is 34.8 Å². The Hall–Kier alpha value is -2.47. The van der Waals surface area contributed by atoms with E-state index in [4.69, 9.17) is 0 Å². The van der Waals surface area contributed by atoms with Crippen LogP contribution in [0.4, 0.5) is 5.69 Å². The van der Waals surface area contributed by atoms with Gasteiger partial charge < -0.3 is 5.11 Å². The third-order valence-electron chi connectivity index (χ3n) is 3.84. The smallest absolute Gasteiger partial charge is 0.339 e. The lowest BCUT2D eigenvalue weighted by atomic mass is 10.0. The summed E-state index contributed by atoms with van der Waals surface area (Å²) in [6, 6.07) is 8.21. The summed E-state index contributed by atoms with van der Waals surface area (Å²) in [5, 5.41) is 9.57. The van der Waals surface area contributed by atoms with Crippen LogP contribution in [0, 0.1) is 13.8 Å². The van der Waals surface area contributed by atoms with Gasteiger partial charge in [0.1, 0.15) is 0 Å². The average Bonchev–Trinajstić information content (AvgIpc) is 2.75. The molecule has 0 saturated carbocycles. The number of aromatic carboxylic acids is 1. The van der Waals surface area contributed by atoms with Gasteiger partial charge in [0.15, 0.2) is 0 Å². The Morgan fingerprint density at radius 2 is 1.57 bits per heavy atom. The minimum absolute atomic E-state index is 0.0861. The lowest BCUT2D eigenvalue weighted by Crippen LogP contribution is -2.32. The van der Waals surface area contributed by atoms with E-state index >= 15 is 0 Å². The fourth-order valence-corrected chi connectivity index (χ4v) is 3.30. The predicted molar refractivity (Wildman–Crippen MR) is 88.2 cm³/mol. The van der Waals surface area contributed by atoms with Gasteiger partial charge in [0.25, 0.3) is 11.8 Å². The minimum Gasteiger partial charge on any atom is -0.478 e. The van der Waals surface area contributed by atoms with Crippen molar-refractivity contribution in [1.29, 1.82) is 0 Å². The Morgan fingerprint density at radius 1 is 1.04 bits per heavy atom. The fourth-order valence-electron chi connectivity index (χ4n) is 2.83. The third-order valence-corrected chi connectivity index (χ3v) is 4.86. The predicted octanol–water partition coefficient (Wildman–Crippen LogP) is 3.56. The zero-order valence-corrected chi connectivity index (χ0v) is 14.0. The van der Waals surface area contributed by atoms with Crippen molar-refractivity contribution in [2.75, 3.05) is 4.90 Å². The molecule has 0 spiro atoms. The number of carboxylic acid groups (broad SMARTS) is 1. The highest BCUT2D eigenvalue weighted by atomic mass is 79.9. The number of rotatable bonds is 2. The van der Waals surface area contributed by atoms with E-state index in [1.807, 2.05) is 0 Å². The summed E-state index contributed by atoms with van der Waals surface area (Å²) >= 11 is 3.26. The van der Waals surface area contributed by atoms with Crippen molar-refractivity contribution < 1.29 is 19.5 Å². The number of nitrogens with zero attached hydrogens (tertiary/aromatic N) is 1. The summed E-state index contributed by atoms with van der Waals surface area (Å²) in [4.78, 5) is 37.9. The number of hydrogen-bond acceptors (Lipinski definition) is 3. The Bertz CT molecular complexity index is 853. The molecule has 116 valence electrons. The minimum atomic E-state index is -1.20. The molecule has 5 nitrogen and oxygen atoms in total. The second-order valence-corrected chi connectivity index (χ2v) is 6.14. The molecule has 23 heavy (non-hydrogen) atoms. The first kappa shape index (κ1) is 15.4. The number of amides is 2. The number of carbonyl (C=O) groups excluding carboxylic acids is 2. The summed E-state index contributed by atoms with van der Waals surface area (Å²) in [5.41, 5.74) is 1.87. The van der Waals surface area contributed by atoms with E-state index in [9.17, 15) is 19.5 Å². The lowest BCUT2D eigenvalue weighted by molar-refractivity contribution is 0.0696. The highest BCUT2D eigenvalue weighted by Crippen LogP contribution is 2.38. The van der Waals surface area contributed by atoms with Gasteiger partial charge in [-0.15, -0.1) is 0 Å². The molecule has 1 N–H and O–H groups in total. The monoisotopic (exact) mass is 373 g/mol. The van der Waals surface area contributed by atoms with E-state index in [0.29, 0.717) is 10.0 Å². The molecule has 0 radical (unpaired) electrons. The molecule has 0 aromatic heterocycles. The molecule has 0 fully saturated rings. The maximum atomic E-state index is 12.6. The normalized spacial score (nSPS) is 13.4. The number of carboxylic acids is 1. The van der Waals surface area contributed by atoms with Crippen LogP contribution in [0.25, 0.3) is 0 Å². The van der Waals surface area contributed by atoms with E-state index < -0.39 is 17.8 Å². The molecule has 2 aromatic carbocycles. The summed E-state index contributed by atoms with van der Waals surface area (Å²) < 4.78 is 0.363. The molecule has 3 rings (SSSR count). The number of aryl methyl sites for hydroxylation is 2. The van der Waals surface area contributed by atoms with Gasteiger partial charge in [-0.1, -0.05) is 18.2 Å². The van der Waals surface area contributed by atoms with Gasteiger partial charge in [-0.3, -0.25) is 9.59 Å². The molecular weight excluding hydrogens is 362 g/mol. The number of carbonyl (C=O) groups is 3. The highest BCUT2D eigenvalue weighted by molar-refractivity contribution is 9.10. The second kappa shape index (κ2) is 5.31. The first-order valence-corrected chi connectivity index (χ1v) is 7.64. The van der Waals surface area contributed by atoms with Crippen LogP contribution in [0.5, 0.6) is 0 Å². The second-order valence-electron chi connectivity index (χ2n) is 5.34. The van der Waals surface area contributed by atoms with E-state index in [1.54, 1.807) is 44.2 Å². The summed E-state index contributed by atoms with van der Waals surface area (Å²) in [7, 11) is 0. The molecule has 6 heteroatoms. The van der Waals surface area contributed by atoms with Crippen LogP contribution in [-0.2, 0) is 0 Å². The number of benzene rings is 2. The van der Waals surface area contributed by atoms with Gasteiger partial charge in [0.05, 0.1) is 22.4 Å². The molecule has 1 aliphatic heterocycles. The molecule has 0 bridgehead atoms. The number of anilines is 1. The van der Waals surface area contributed by atoms with Crippen LogP contribution < -0.4 is 4.90 Å². The first-order valence-electron chi connectivity index (χ1n) is 6.85. The van der Waals surface area contributed by atoms with Crippen molar-refractivity contribution in [2.24, 2.45) is 0 Å². The van der Waals surface area contributed by atoms with Crippen molar-refractivity contribution in [3.8, 4) is 0 Å². The van der Waals surface area contributed by atoms with E-state index in [1.165, 1.54) is 0 Å². The molecule has 0 saturated heterocycles. The molecule has 0 atom stereocenters. The lowest BCUT2D eigenvalue weighted by Gasteiger charge is -2.21. The van der Waals surface area contributed by atoms with E-state index in [-0.39, 0.29) is 22.4 Å². The van der Waals surface area contributed by atoms with Crippen LogP contribution in [-0.4, -0.2) is 22.9 Å². The Balaban J connectivity index is 2.29. The Labute approximate surface area is 140 Å². The first-order chi connectivity index (χ1) is 10.8. The molecule has 2 amide bonds. The van der Waals surface area contributed by atoms with Crippen molar-refractivity contribution >= 4 is 39.4 Å². The van der Waals surface area contributed by atoms with Crippen molar-refractivity contribution in [2.45, 2.75) is 13.8 Å². The molecule has 1 aliphatic rings. The molecule has 1 heterocycles. The van der Waals surface area contributed by atoms with Gasteiger partial charge >= 0.3 is 5.97 Å². The van der Waals surface area contributed by atoms with Gasteiger partial charge in [0.2, 0.25) is 0 Å². The zero-order chi connectivity index (χ0) is 16.9. The van der Waals surface area contributed by atoms with Gasteiger partial charge in [-0.05, 0) is 53.0 Å². The maximum absolute atomic E-state index is 12.6. The molecule has 2 aromatic rings. The van der Waals surface area contributed by atoms with Gasteiger partial charge in [-0.25, -0.2) is 9.69 Å². The van der Waals surface area contributed by atoms with Crippen LogP contribution in [0.2, 0.25) is 0 Å².